The lowest BCUT2D eigenvalue weighted by atomic mass is 10.2. The van der Waals surface area contributed by atoms with Crippen molar-refractivity contribution in [2.24, 2.45) is 0 Å². The summed E-state index contributed by atoms with van der Waals surface area (Å²) in [6.45, 7) is 0.767. The number of aromatic nitrogens is 1. The Kier molecular flexibility index (Phi) is 4.17. The van der Waals surface area contributed by atoms with Crippen molar-refractivity contribution in [3.63, 3.8) is 0 Å². The Morgan fingerprint density at radius 3 is 2.78 bits per heavy atom. The molecule has 0 saturated carbocycles. The van der Waals surface area contributed by atoms with Crippen LogP contribution in [-0.4, -0.2) is 26.3 Å². The highest BCUT2D eigenvalue weighted by atomic mass is 32.1. The van der Waals surface area contributed by atoms with Crippen molar-refractivity contribution < 1.29 is 9.47 Å². The third-order valence-corrected chi connectivity index (χ3v) is 3.47. The van der Waals surface area contributed by atoms with E-state index in [0.29, 0.717) is 0 Å². The Morgan fingerprint density at radius 2 is 2.11 bits per heavy atom. The highest BCUT2D eigenvalue weighted by molar-refractivity contribution is 7.13. The fourth-order valence-corrected chi connectivity index (χ4v) is 2.59. The zero-order chi connectivity index (χ0) is 13.0. The summed E-state index contributed by atoms with van der Waals surface area (Å²) >= 11 is 1.60. The average molecular weight is 264 g/mol. The maximum absolute atomic E-state index is 5.42. The fraction of sp³-hybridized carbons (Fsp3) is 0.308. The number of ether oxygens (including phenoxy) is 2. The molecule has 1 aromatic carbocycles. The molecule has 0 bridgehead atoms. The lowest BCUT2D eigenvalue weighted by Gasteiger charge is -2.10. The minimum Gasteiger partial charge on any atom is -0.493 e. The molecule has 0 saturated heterocycles. The predicted octanol–water partition coefficient (Wildman–Crippen LogP) is 2.55. The maximum Gasteiger partial charge on any atom is 0.170 e. The highest BCUT2D eigenvalue weighted by Crippen LogP contribution is 2.38. The van der Waals surface area contributed by atoms with E-state index in [4.69, 9.17) is 9.47 Å². The molecule has 2 aromatic rings. The largest absolute Gasteiger partial charge is 0.493 e. The van der Waals surface area contributed by atoms with Crippen LogP contribution in [0, 0.1) is 0 Å². The first-order chi connectivity index (χ1) is 8.80. The Labute approximate surface area is 111 Å². The molecule has 0 aliphatic heterocycles. The van der Waals surface area contributed by atoms with E-state index in [1.54, 1.807) is 25.6 Å². The smallest absolute Gasteiger partial charge is 0.170 e. The molecule has 0 amide bonds. The normalized spacial score (nSPS) is 10.4. The van der Waals surface area contributed by atoms with Crippen LogP contribution in [0.3, 0.4) is 0 Å². The van der Waals surface area contributed by atoms with Crippen LogP contribution in [-0.2, 0) is 6.54 Å². The number of nitrogens with one attached hydrogen (secondary N) is 1. The second-order valence-electron chi connectivity index (χ2n) is 3.72. The van der Waals surface area contributed by atoms with Crippen LogP contribution < -0.4 is 14.8 Å². The molecule has 0 spiro atoms. The minimum absolute atomic E-state index is 0.723. The van der Waals surface area contributed by atoms with Crippen LogP contribution in [0.15, 0.2) is 23.6 Å². The van der Waals surface area contributed by atoms with Crippen molar-refractivity contribution in [2.45, 2.75) is 6.54 Å². The molecule has 0 radical (unpaired) electrons. The van der Waals surface area contributed by atoms with Gasteiger partial charge < -0.3 is 14.8 Å². The van der Waals surface area contributed by atoms with Gasteiger partial charge in [-0.05, 0) is 19.2 Å². The second kappa shape index (κ2) is 5.84. The number of methoxy groups -OCH3 is 2. The van der Waals surface area contributed by atoms with Gasteiger partial charge in [-0.1, -0.05) is 6.07 Å². The van der Waals surface area contributed by atoms with E-state index in [9.17, 15) is 0 Å². The SMILES string of the molecule is CNCc1csc(-c2cccc(OC)c2OC)n1. The number of nitrogens with zero attached hydrogens (tertiary/aromatic N) is 1. The van der Waals surface area contributed by atoms with E-state index in [2.05, 4.69) is 10.3 Å². The van der Waals surface area contributed by atoms with Gasteiger partial charge in [-0.2, -0.15) is 0 Å². The van der Waals surface area contributed by atoms with Crippen LogP contribution >= 0.6 is 11.3 Å². The van der Waals surface area contributed by atoms with Crippen molar-refractivity contribution in [1.29, 1.82) is 0 Å². The summed E-state index contributed by atoms with van der Waals surface area (Å²) in [6.07, 6.45) is 0. The zero-order valence-corrected chi connectivity index (χ0v) is 11.5. The summed E-state index contributed by atoms with van der Waals surface area (Å²) in [7, 11) is 5.19. The van der Waals surface area contributed by atoms with Gasteiger partial charge in [0, 0.05) is 11.9 Å². The van der Waals surface area contributed by atoms with Crippen LogP contribution in [0.25, 0.3) is 10.6 Å². The van der Waals surface area contributed by atoms with Gasteiger partial charge in [0.05, 0.1) is 25.5 Å². The molecule has 4 nitrogen and oxygen atoms in total. The van der Waals surface area contributed by atoms with Gasteiger partial charge in [-0.15, -0.1) is 11.3 Å². The molecule has 0 aliphatic carbocycles. The zero-order valence-electron chi connectivity index (χ0n) is 10.7. The number of hydrogen-bond donors (Lipinski definition) is 1. The quantitative estimate of drug-likeness (QED) is 0.901. The third-order valence-electron chi connectivity index (χ3n) is 2.54. The first kappa shape index (κ1) is 12.9. The van der Waals surface area contributed by atoms with E-state index >= 15 is 0 Å². The first-order valence-corrected chi connectivity index (χ1v) is 6.48. The number of hydrogen-bond acceptors (Lipinski definition) is 5. The average Bonchev–Trinajstić information content (AvgIpc) is 2.86. The molecule has 96 valence electrons. The molecule has 2 rings (SSSR count). The van der Waals surface area contributed by atoms with Gasteiger partial charge in [-0.25, -0.2) is 4.98 Å². The molecule has 1 heterocycles. The Bertz CT molecular complexity index is 525. The minimum atomic E-state index is 0.723. The first-order valence-electron chi connectivity index (χ1n) is 5.60. The maximum atomic E-state index is 5.42. The van der Waals surface area contributed by atoms with Crippen LogP contribution in [0.1, 0.15) is 5.69 Å². The van der Waals surface area contributed by atoms with Crippen molar-refractivity contribution >= 4 is 11.3 Å². The number of thiazole rings is 1. The number of para-hydroxylation sites is 1. The summed E-state index contributed by atoms with van der Waals surface area (Å²) < 4.78 is 10.7. The van der Waals surface area contributed by atoms with Crippen LogP contribution in [0.4, 0.5) is 0 Å². The van der Waals surface area contributed by atoms with Crippen molar-refractivity contribution in [2.75, 3.05) is 21.3 Å². The third kappa shape index (κ3) is 2.47. The molecular formula is C13H16N2O2S. The molecular weight excluding hydrogens is 248 g/mol. The molecule has 0 unspecified atom stereocenters. The Balaban J connectivity index is 2.42. The summed E-state index contributed by atoms with van der Waals surface area (Å²) in [5.41, 5.74) is 1.99. The highest BCUT2D eigenvalue weighted by Gasteiger charge is 2.14. The van der Waals surface area contributed by atoms with Crippen molar-refractivity contribution in [3.8, 4) is 22.1 Å². The number of rotatable bonds is 5. The molecule has 5 heteroatoms. The summed E-state index contributed by atoms with van der Waals surface area (Å²) in [5.74, 6) is 1.45. The summed E-state index contributed by atoms with van der Waals surface area (Å²) in [5, 5.41) is 6.08. The molecule has 1 aromatic heterocycles. The van der Waals surface area contributed by atoms with Gasteiger partial charge in [0.1, 0.15) is 5.01 Å². The van der Waals surface area contributed by atoms with Crippen LogP contribution in [0.2, 0.25) is 0 Å². The lowest BCUT2D eigenvalue weighted by Crippen LogP contribution is -2.04. The van der Waals surface area contributed by atoms with Gasteiger partial charge >= 0.3 is 0 Å². The summed E-state index contributed by atoms with van der Waals surface area (Å²) in [4.78, 5) is 4.57. The van der Waals surface area contributed by atoms with Crippen LogP contribution in [0.5, 0.6) is 11.5 Å². The standard InChI is InChI=1S/C13H16N2O2S/c1-14-7-9-8-18-13(15-9)10-5-4-6-11(16-2)12(10)17-3/h4-6,8,14H,7H2,1-3H3. The summed E-state index contributed by atoms with van der Waals surface area (Å²) in [6, 6.07) is 5.81. The second-order valence-corrected chi connectivity index (χ2v) is 4.57. The predicted molar refractivity (Wildman–Crippen MR) is 73.4 cm³/mol. The van der Waals surface area contributed by atoms with E-state index in [1.807, 2.05) is 30.6 Å². The number of benzene rings is 1. The van der Waals surface area contributed by atoms with Gasteiger partial charge in [0.15, 0.2) is 11.5 Å². The lowest BCUT2D eigenvalue weighted by molar-refractivity contribution is 0.356. The molecule has 18 heavy (non-hydrogen) atoms. The van der Waals surface area contributed by atoms with Crippen molar-refractivity contribution in [1.82, 2.24) is 10.3 Å². The molecule has 0 aliphatic rings. The van der Waals surface area contributed by atoms with E-state index in [1.165, 1.54) is 0 Å². The molecule has 1 N–H and O–H groups in total. The van der Waals surface area contributed by atoms with E-state index in [0.717, 1.165) is 34.3 Å². The van der Waals surface area contributed by atoms with E-state index < -0.39 is 0 Å². The Hall–Kier alpha value is -1.59. The topological polar surface area (TPSA) is 43.4 Å². The molecule has 0 atom stereocenters. The van der Waals surface area contributed by atoms with Gasteiger partial charge in [0.2, 0.25) is 0 Å². The molecule has 0 fully saturated rings. The monoisotopic (exact) mass is 264 g/mol. The van der Waals surface area contributed by atoms with Gasteiger partial charge in [-0.3, -0.25) is 0 Å². The van der Waals surface area contributed by atoms with Crippen molar-refractivity contribution in [3.05, 3.63) is 29.3 Å². The van der Waals surface area contributed by atoms with Gasteiger partial charge in [0.25, 0.3) is 0 Å². The van der Waals surface area contributed by atoms with E-state index in [-0.39, 0.29) is 0 Å². The fourth-order valence-electron chi connectivity index (χ4n) is 1.75. The Morgan fingerprint density at radius 1 is 1.28 bits per heavy atom.